The van der Waals surface area contributed by atoms with Crippen molar-refractivity contribution < 1.29 is 14.4 Å². The van der Waals surface area contributed by atoms with Gasteiger partial charge in [0.2, 0.25) is 0 Å². The molecule has 0 spiro atoms. The van der Waals surface area contributed by atoms with E-state index in [1.807, 2.05) is 18.2 Å². The van der Waals surface area contributed by atoms with Crippen molar-refractivity contribution in [2.24, 2.45) is 5.16 Å². The number of aryl methyl sites for hydroxylation is 1. The molecule has 1 aromatic carbocycles. The SMILES string of the molecule is CC(=O)OC1CC(CCCc2ccccc2)=NO1. The highest BCUT2D eigenvalue weighted by atomic mass is 16.8. The molecule has 0 N–H and O–H groups in total. The number of oxime groups is 1. The topological polar surface area (TPSA) is 47.9 Å². The second-order valence-corrected chi connectivity index (χ2v) is 4.35. The summed E-state index contributed by atoms with van der Waals surface area (Å²) in [6.45, 7) is 1.37. The monoisotopic (exact) mass is 247 g/mol. The van der Waals surface area contributed by atoms with E-state index in [1.54, 1.807) is 0 Å². The average molecular weight is 247 g/mol. The van der Waals surface area contributed by atoms with E-state index in [1.165, 1.54) is 12.5 Å². The zero-order chi connectivity index (χ0) is 12.8. The van der Waals surface area contributed by atoms with E-state index in [0.29, 0.717) is 6.42 Å². The van der Waals surface area contributed by atoms with Crippen molar-refractivity contribution in [3.8, 4) is 0 Å². The highest BCUT2D eigenvalue weighted by Gasteiger charge is 2.22. The lowest BCUT2D eigenvalue weighted by Gasteiger charge is -2.06. The lowest BCUT2D eigenvalue weighted by molar-refractivity contribution is -0.170. The molecule has 0 amide bonds. The summed E-state index contributed by atoms with van der Waals surface area (Å²) in [6, 6.07) is 10.3. The Bertz CT molecular complexity index is 428. The first kappa shape index (κ1) is 12.6. The number of esters is 1. The highest BCUT2D eigenvalue weighted by molar-refractivity contribution is 5.85. The van der Waals surface area contributed by atoms with Crippen LogP contribution in [0.2, 0.25) is 0 Å². The fourth-order valence-corrected chi connectivity index (χ4v) is 1.94. The van der Waals surface area contributed by atoms with E-state index in [2.05, 4.69) is 17.3 Å². The Hall–Kier alpha value is -1.84. The van der Waals surface area contributed by atoms with Gasteiger partial charge in [0.15, 0.2) is 0 Å². The quantitative estimate of drug-likeness (QED) is 0.751. The van der Waals surface area contributed by atoms with Crippen LogP contribution in [-0.4, -0.2) is 18.0 Å². The van der Waals surface area contributed by atoms with Crippen LogP contribution in [0, 0.1) is 0 Å². The molecule has 0 fully saturated rings. The van der Waals surface area contributed by atoms with Gasteiger partial charge in [0, 0.05) is 6.92 Å². The predicted molar refractivity (Wildman–Crippen MR) is 68.1 cm³/mol. The van der Waals surface area contributed by atoms with Crippen LogP contribution in [0.15, 0.2) is 35.5 Å². The van der Waals surface area contributed by atoms with E-state index in [9.17, 15) is 4.79 Å². The minimum atomic E-state index is -0.519. The molecule has 1 atom stereocenters. The summed E-state index contributed by atoms with van der Waals surface area (Å²) in [5, 5.41) is 3.94. The second kappa shape index (κ2) is 6.19. The minimum absolute atomic E-state index is 0.333. The van der Waals surface area contributed by atoms with Gasteiger partial charge >= 0.3 is 5.97 Å². The van der Waals surface area contributed by atoms with Crippen molar-refractivity contribution in [2.45, 2.75) is 38.9 Å². The number of nitrogens with zero attached hydrogens (tertiary/aromatic N) is 1. The van der Waals surface area contributed by atoms with E-state index in [-0.39, 0.29) is 5.97 Å². The molecule has 1 unspecified atom stereocenters. The Morgan fingerprint density at radius 3 is 2.89 bits per heavy atom. The summed E-state index contributed by atoms with van der Waals surface area (Å²) in [6.07, 6.45) is 3.01. The number of hydrogen-bond donors (Lipinski definition) is 0. The van der Waals surface area contributed by atoms with Crippen LogP contribution in [0.5, 0.6) is 0 Å². The number of ether oxygens (including phenoxy) is 1. The molecule has 0 aliphatic carbocycles. The third-order valence-corrected chi connectivity index (χ3v) is 2.77. The van der Waals surface area contributed by atoms with Crippen LogP contribution in [0.3, 0.4) is 0 Å². The molecule has 1 heterocycles. The zero-order valence-corrected chi connectivity index (χ0v) is 10.5. The molecule has 1 aromatic rings. The summed E-state index contributed by atoms with van der Waals surface area (Å²) in [7, 11) is 0. The Labute approximate surface area is 107 Å². The Kier molecular flexibility index (Phi) is 4.34. The first-order chi connectivity index (χ1) is 8.74. The summed E-state index contributed by atoms with van der Waals surface area (Å²) < 4.78 is 4.93. The molecule has 0 aromatic heterocycles. The van der Waals surface area contributed by atoms with Gasteiger partial charge in [0.1, 0.15) is 0 Å². The molecule has 0 saturated carbocycles. The van der Waals surface area contributed by atoms with E-state index in [0.717, 1.165) is 25.0 Å². The first-order valence-electron chi connectivity index (χ1n) is 6.17. The van der Waals surface area contributed by atoms with Crippen molar-refractivity contribution >= 4 is 11.7 Å². The number of rotatable bonds is 5. The largest absolute Gasteiger partial charge is 0.423 e. The Morgan fingerprint density at radius 2 is 2.17 bits per heavy atom. The smallest absolute Gasteiger partial charge is 0.305 e. The molecular formula is C14H17NO3. The van der Waals surface area contributed by atoms with Crippen LogP contribution in [0.4, 0.5) is 0 Å². The van der Waals surface area contributed by atoms with Crippen LogP contribution >= 0.6 is 0 Å². The first-order valence-corrected chi connectivity index (χ1v) is 6.17. The van der Waals surface area contributed by atoms with Gasteiger partial charge in [-0.05, 0) is 24.8 Å². The number of benzene rings is 1. The lowest BCUT2D eigenvalue weighted by atomic mass is 10.1. The second-order valence-electron chi connectivity index (χ2n) is 4.35. The van der Waals surface area contributed by atoms with Crippen LogP contribution in [0.25, 0.3) is 0 Å². The van der Waals surface area contributed by atoms with Crippen molar-refractivity contribution in [3.05, 3.63) is 35.9 Å². The van der Waals surface area contributed by atoms with E-state index in [4.69, 9.17) is 9.57 Å². The van der Waals surface area contributed by atoms with Crippen LogP contribution in [-0.2, 0) is 20.8 Å². The average Bonchev–Trinajstić information content (AvgIpc) is 2.77. The molecule has 18 heavy (non-hydrogen) atoms. The molecule has 0 bridgehead atoms. The molecule has 0 saturated heterocycles. The highest BCUT2D eigenvalue weighted by Crippen LogP contribution is 2.16. The summed E-state index contributed by atoms with van der Waals surface area (Å²) in [5.74, 6) is -0.333. The van der Waals surface area contributed by atoms with Crippen LogP contribution in [0.1, 0.15) is 31.7 Å². The van der Waals surface area contributed by atoms with Crippen molar-refractivity contribution in [3.63, 3.8) is 0 Å². The maximum atomic E-state index is 10.8. The predicted octanol–water partition coefficient (Wildman–Crippen LogP) is 2.67. The van der Waals surface area contributed by atoms with Crippen molar-refractivity contribution in [2.75, 3.05) is 0 Å². The summed E-state index contributed by atoms with van der Waals surface area (Å²) in [5.41, 5.74) is 2.30. The summed E-state index contributed by atoms with van der Waals surface area (Å²) >= 11 is 0. The van der Waals surface area contributed by atoms with Gasteiger partial charge < -0.3 is 9.57 Å². The Morgan fingerprint density at radius 1 is 1.39 bits per heavy atom. The van der Waals surface area contributed by atoms with Gasteiger partial charge in [-0.25, -0.2) is 0 Å². The summed E-state index contributed by atoms with van der Waals surface area (Å²) in [4.78, 5) is 15.8. The molecule has 4 heteroatoms. The number of carbonyl (C=O) groups excluding carboxylic acids is 1. The maximum Gasteiger partial charge on any atom is 0.305 e. The maximum absolute atomic E-state index is 10.8. The molecule has 0 radical (unpaired) electrons. The van der Waals surface area contributed by atoms with Crippen molar-refractivity contribution in [1.29, 1.82) is 0 Å². The van der Waals surface area contributed by atoms with Gasteiger partial charge in [-0.15, -0.1) is 0 Å². The van der Waals surface area contributed by atoms with Gasteiger partial charge in [0.05, 0.1) is 12.1 Å². The third-order valence-electron chi connectivity index (χ3n) is 2.77. The van der Waals surface area contributed by atoms with Crippen LogP contribution < -0.4 is 0 Å². The Balaban J connectivity index is 1.68. The third kappa shape index (κ3) is 3.87. The fraction of sp³-hybridized carbons (Fsp3) is 0.429. The fourth-order valence-electron chi connectivity index (χ4n) is 1.94. The normalized spacial score (nSPS) is 18.1. The number of hydrogen-bond acceptors (Lipinski definition) is 4. The molecule has 4 nitrogen and oxygen atoms in total. The van der Waals surface area contributed by atoms with Gasteiger partial charge in [0.25, 0.3) is 6.29 Å². The minimum Gasteiger partial charge on any atom is -0.423 e. The van der Waals surface area contributed by atoms with Gasteiger partial charge in [-0.2, -0.15) is 0 Å². The molecular weight excluding hydrogens is 230 g/mol. The molecule has 1 aliphatic heterocycles. The molecule has 2 rings (SSSR count). The van der Waals surface area contributed by atoms with Gasteiger partial charge in [-0.3, -0.25) is 4.79 Å². The zero-order valence-electron chi connectivity index (χ0n) is 10.5. The van der Waals surface area contributed by atoms with E-state index >= 15 is 0 Å². The lowest BCUT2D eigenvalue weighted by Crippen LogP contribution is -2.15. The standard InChI is InChI=1S/C14H17NO3/c1-11(16)17-14-10-13(15-18-14)9-5-8-12-6-3-2-4-7-12/h2-4,6-7,14H,5,8-10H2,1H3. The van der Waals surface area contributed by atoms with Gasteiger partial charge in [-0.1, -0.05) is 35.5 Å². The molecule has 96 valence electrons. The molecule has 1 aliphatic rings. The van der Waals surface area contributed by atoms with E-state index < -0.39 is 6.29 Å². The van der Waals surface area contributed by atoms with Crippen molar-refractivity contribution in [1.82, 2.24) is 0 Å². The number of carbonyl (C=O) groups is 1.